The Morgan fingerprint density at radius 1 is 0.947 bits per heavy atom. The van der Waals surface area contributed by atoms with Gasteiger partial charge in [-0.3, -0.25) is 19.5 Å². The van der Waals surface area contributed by atoms with E-state index in [1.165, 1.54) is 33.5 Å². The van der Waals surface area contributed by atoms with Crippen molar-refractivity contribution in [2.75, 3.05) is 65.7 Å². The van der Waals surface area contributed by atoms with E-state index in [2.05, 4.69) is 9.88 Å². The van der Waals surface area contributed by atoms with Gasteiger partial charge < -0.3 is 19.5 Å². The predicted octanol–water partition coefficient (Wildman–Crippen LogP) is 0.856. The fraction of sp³-hybridized carbons (Fsp3) is 0.423. The van der Waals surface area contributed by atoms with Gasteiger partial charge >= 0.3 is 0 Å². The molecule has 1 atom stereocenters. The average molecular weight is 543 g/mol. The zero-order valence-electron chi connectivity index (χ0n) is 20.9. The van der Waals surface area contributed by atoms with E-state index in [1.54, 1.807) is 24.5 Å². The number of aliphatic hydroxyl groups is 1. The summed E-state index contributed by atoms with van der Waals surface area (Å²) in [5.41, 5.74) is 0.793. The predicted molar refractivity (Wildman–Crippen MR) is 137 cm³/mol. The Balaban J connectivity index is 1.46. The molecule has 5 rings (SSSR count). The Labute approximate surface area is 221 Å². The van der Waals surface area contributed by atoms with Crippen LogP contribution in [-0.4, -0.2) is 110 Å². The first kappa shape index (κ1) is 26.4. The number of carbonyl (C=O) groups excluding carboxylic acids is 2. The zero-order valence-corrected chi connectivity index (χ0v) is 21.7. The Kier molecular flexibility index (Phi) is 7.86. The van der Waals surface area contributed by atoms with Crippen LogP contribution < -0.4 is 0 Å². The van der Waals surface area contributed by atoms with Crippen molar-refractivity contribution in [1.29, 1.82) is 0 Å². The third-order valence-electron chi connectivity index (χ3n) is 7.04. The first-order chi connectivity index (χ1) is 18.4. The maximum atomic E-state index is 13.2. The summed E-state index contributed by atoms with van der Waals surface area (Å²) in [4.78, 5) is 34.2. The molecule has 11 nitrogen and oxygen atoms in total. The number of ether oxygens (including phenoxy) is 2. The van der Waals surface area contributed by atoms with Gasteiger partial charge in [0.1, 0.15) is 5.76 Å². The van der Waals surface area contributed by atoms with Crippen molar-refractivity contribution in [2.24, 2.45) is 0 Å². The summed E-state index contributed by atoms with van der Waals surface area (Å²) >= 11 is 0. The second-order valence-electron chi connectivity index (χ2n) is 9.27. The van der Waals surface area contributed by atoms with Gasteiger partial charge in [-0.1, -0.05) is 6.07 Å². The van der Waals surface area contributed by atoms with Crippen molar-refractivity contribution in [2.45, 2.75) is 10.9 Å². The Morgan fingerprint density at radius 3 is 2.24 bits per heavy atom. The van der Waals surface area contributed by atoms with Crippen molar-refractivity contribution >= 4 is 27.5 Å². The van der Waals surface area contributed by atoms with Crippen LogP contribution in [0.25, 0.3) is 5.76 Å². The van der Waals surface area contributed by atoms with Crippen LogP contribution in [0.4, 0.5) is 0 Å². The normalized spacial score (nSPS) is 23.2. The van der Waals surface area contributed by atoms with Gasteiger partial charge in [0.25, 0.3) is 11.7 Å². The maximum absolute atomic E-state index is 13.2. The molecule has 0 unspecified atom stereocenters. The number of benzene rings is 1. The molecular weight excluding hydrogens is 512 g/mol. The van der Waals surface area contributed by atoms with Gasteiger partial charge in [0.2, 0.25) is 10.0 Å². The van der Waals surface area contributed by atoms with E-state index in [1.807, 2.05) is 0 Å². The molecular formula is C26H30N4O7S. The molecule has 0 spiro atoms. The van der Waals surface area contributed by atoms with E-state index < -0.39 is 27.8 Å². The van der Waals surface area contributed by atoms with E-state index in [4.69, 9.17) is 9.47 Å². The highest BCUT2D eigenvalue weighted by Gasteiger charge is 2.46. The third-order valence-corrected chi connectivity index (χ3v) is 8.95. The number of aromatic nitrogens is 1. The maximum Gasteiger partial charge on any atom is 0.295 e. The lowest BCUT2D eigenvalue weighted by atomic mass is 9.96. The molecule has 4 heterocycles. The van der Waals surface area contributed by atoms with Gasteiger partial charge in [-0.05, 0) is 35.9 Å². The monoisotopic (exact) mass is 542 g/mol. The Hall–Kier alpha value is -3.16. The number of sulfonamides is 1. The number of Topliss-reactive ketones (excluding diaryl/α,β-unsaturated/α-hetero) is 1. The molecule has 3 saturated heterocycles. The lowest BCUT2D eigenvalue weighted by Gasteiger charge is -2.30. The SMILES string of the molecule is O=C1C(=O)N(CCN2CCOCC2)[C@@H](c2cccnc2)C1=C(O)c1ccc(S(=O)(=O)N2CCOCC2)cc1. The number of rotatable bonds is 7. The van der Waals surface area contributed by atoms with Gasteiger partial charge in [0.15, 0.2) is 0 Å². The van der Waals surface area contributed by atoms with Crippen LogP contribution in [0.1, 0.15) is 17.2 Å². The van der Waals surface area contributed by atoms with E-state index in [9.17, 15) is 23.1 Å². The summed E-state index contributed by atoms with van der Waals surface area (Å²) in [6.07, 6.45) is 3.17. The second-order valence-corrected chi connectivity index (χ2v) is 11.2. The molecule has 1 amide bonds. The first-order valence-electron chi connectivity index (χ1n) is 12.5. The number of ketones is 1. The molecule has 202 valence electrons. The van der Waals surface area contributed by atoms with E-state index in [-0.39, 0.29) is 41.4 Å². The largest absolute Gasteiger partial charge is 0.507 e. The van der Waals surface area contributed by atoms with Gasteiger partial charge in [0.05, 0.1) is 42.9 Å². The molecule has 1 aromatic heterocycles. The van der Waals surface area contributed by atoms with Crippen LogP contribution in [0.5, 0.6) is 0 Å². The minimum Gasteiger partial charge on any atom is -0.507 e. The molecule has 1 N–H and O–H groups in total. The number of hydrogen-bond donors (Lipinski definition) is 1. The van der Waals surface area contributed by atoms with E-state index in [0.717, 1.165) is 13.1 Å². The molecule has 0 aliphatic carbocycles. The lowest BCUT2D eigenvalue weighted by molar-refractivity contribution is -0.140. The molecule has 0 radical (unpaired) electrons. The molecule has 3 fully saturated rings. The van der Waals surface area contributed by atoms with Gasteiger partial charge in [-0.2, -0.15) is 4.31 Å². The standard InChI is InChI=1S/C26H30N4O7S/c31-24(19-3-5-21(6-4-19)38(34,35)29-12-16-37-17-13-29)22-23(20-2-1-7-27-18-20)30(26(33)25(22)32)9-8-28-10-14-36-15-11-28/h1-7,18,23,31H,8-17H2/t23-/m0/s1. The van der Waals surface area contributed by atoms with Crippen molar-refractivity contribution in [1.82, 2.24) is 19.1 Å². The molecule has 0 saturated carbocycles. The highest BCUT2D eigenvalue weighted by atomic mass is 32.2. The molecule has 3 aliphatic heterocycles. The number of carbonyl (C=O) groups is 2. The summed E-state index contributed by atoms with van der Waals surface area (Å²) in [6, 6.07) is 8.34. The Morgan fingerprint density at radius 2 is 1.61 bits per heavy atom. The summed E-state index contributed by atoms with van der Waals surface area (Å²) in [6.45, 7) is 4.74. The first-order valence-corrected chi connectivity index (χ1v) is 14.0. The second kappa shape index (κ2) is 11.3. The lowest BCUT2D eigenvalue weighted by Crippen LogP contribution is -2.42. The van der Waals surface area contributed by atoms with Gasteiger partial charge in [-0.25, -0.2) is 8.42 Å². The molecule has 0 bridgehead atoms. The van der Waals surface area contributed by atoms with Crippen LogP contribution in [0.3, 0.4) is 0 Å². The highest BCUT2D eigenvalue weighted by Crippen LogP contribution is 2.39. The van der Waals surface area contributed by atoms with Gasteiger partial charge in [0, 0.05) is 57.2 Å². The minimum absolute atomic E-state index is 0.0474. The molecule has 38 heavy (non-hydrogen) atoms. The number of pyridine rings is 1. The van der Waals surface area contributed by atoms with Crippen molar-refractivity contribution in [3.8, 4) is 0 Å². The quantitative estimate of drug-likeness (QED) is 0.308. The minimum atomic E-state index is -3.72. The summed E-state index contributed by atoms with van der Waals surface area (Å²) in [7, 11) is -3.72. The van der Waals surface area contributed by atoms with Crippen molar-refractivity contribution < 1.29 is 32.6 Å². The van der Waals surface area contributed by atoms with Crippen LogP contribution in [0, 0.1) is 0 Å². The average Bonchev–Trinajstić information content (AvgIpc) is 3.22. The molecule has 12 heteroatoms. The Bertz CT molecular complexity index is 1300. The summed E-state index contributed by atoms with van der Waals surface area (Å²) < 4.78 is 37.9. The summed E-state index contributed by atoms with van der Waals surface area (Å²) in [5.74, 6) is -1.84. The molecule has 3 aliphatic rings. The smallest absolute Gasteiger partial charge is 0.295 e. The van der Waals surface area contributed by atoms with E-state index in [0.29, 0.717) is 38.5 Å². The number of aliphatic hydroxyl groups excluding tert-OH is 1. The zero-order chi connectivity index (χ0) is 26.7. The van der Waals surface area contributed by atoms with Crippen LogP contribution >= 0.6 is 0 Å². The fourth-order valence-corrected chi connectivity index (χ4v) is 6.35. The number of nitrogens with zero attached hydrogens (tertiary/aromatic N) is 4. The number of likely N-dealkylation sites (tertiary alicyclic amines) is 1. The molecule has 2 aromatic rings. The van der Waals surface area contributed by atoms with Crippen molar-refractivity contribution in [3.05, 3.63) is 65.5 Å². The highest BCUT2D eigenvalue weighted by molar-refractivity contribution is 7.89. The van der Waals surface area contributed by atoms with Crippen LogP contribution in [0.15, 0.2) is 59.3 Å². The topological polar surface area (TPSA) is 130 Å². The summed E-state index contributed by atoms with van der Waals surface area (Å²) in [5, 5.41) is 11.3. The fourth-order valence-electron chi connectivity index (χ4n) is 4.95. The van der Waals surface area contributed by atoms with Crippen LogP contribution in [-0.2, 0) is 29.1 Å². The van der Waals surface area contributed by atoms with E-state index >= 15 is 0 Å². The molecule has 1 aromatic carbocycles. The van der Waals surface area contributed by atoms with Crippen molar-refractivity contribution in [3.63, 3.8) is 0 Å². The number of morpholine rings is 2. The number of hydrogen-bond acceptors (Lipinski definition) is 9. The van der Waals surface area contributed by atoms with Crippen LogP contribution in [0.2, 0.25) is 0 Å². The third kappa shape index (κ3) is 5.22. The number of amides is 1. The van der Waals surface area contributed by atoms with Gasteiger partial charge in [-0.15, -0.1) is 0 Å².